The number of rotatable bonds is 6. The van der Waals surface area contributed by atoms with Crippen LogP contribution in [0.5, 0.6) is 5.88 Å². The Labute approximate surface area is 161 Å². The second-order valence-electron chi connectivity index (χ2n) is 6.28. The molecule has 3 aromatic rings. The van der Waals surface area contributed by atoms with Crippen LogP contribution >= 0.6 is 11.8 Å². The van der Waals surface area contributed by atoms with Gasteiger partial charge in [0, 0.05) is 11.1 Å². The summed E-state index contributed by atoms with van der Waals surface area (Å²) in [5, 5.41) is 15.1. The maximum absolute atomic E-state index is 12.3. The van der Waals surface area contributed by atoms with E-state index in [1.807, 2.05) is 56.3 Å². The third kappa shape index (κ3) is 4.31. The molecule has 0 radical (unpaired) electrons. The molecule has 0 aliphatic heterocycles. The van der Waals surface area contributed by atoms with Gasteiger partial charge < -0.3 is 15.4 Å². The molecule has 3 rings (SSSR count). The van der Waals surface area contributed by atoms with Crippen molar-refractivity contribution in [2.45, 2.75) is 31.3 Å². The average molecular weight is 383 g/mol. The van der Waals surface area contributed by atoms with Crippen molar-refractivity contribution in [2.75, 3.05) is 11.1 Å². The highest BCUT2D eigenvalue weighted by atomic mass is 32.2. The number of hydrogen-bond donors (Lipinski definition) is 3. The van der Waals surface area contributed by atoms with Gasteiger partial charge in [0.1, 0.15) is 0 Å². The lowest BCUT2D eigenvalue weighted by atomic mass is 10.0. The molecule has 7 heteroatoms. The van der Waals surface area contributed by atoms with Crippen molar-refractivity contribution in [3.63, 3.8) is 0 Å². The van der Waals surface area contributed by atoms with Gasteiger partial charge in [-0.05, 0) is 23.8 Å². The standard InChI is InChI=1S/C20H21N3O3S/c1-3-12(2)17-18(25)22-20(23-19(17)26)27-11-16(24)21-15-10-6-8-13-7-4-5-9-14(13)15/h4-10,12H,3,11H2,1-2H3,(H,21,24)(H2,22,23,25,26). The van der Waals surface area contributed by atoms with Gasteiger partial charge >= 0.3 is 0 Å². The number of benzene rings is 2. The van der Waals surface area contributed by atoms with Crippen molar-refractivity contribution in [1.82, 2.24) is 9.97 Å². The first-order chi connectivity index (χ1) is 13.0. The maximum atomic E-state index is 12.3. The number of amides is 1. The number of H-pyrrole nitrogens is 1. The predicted molar refractivity (Wildman–Crippen MR) is 109 cm³/mol. The number of aromatic hydroxyl groups is 1. The molecule has 1 amide bonds. The van der Waals surface area contributed by atoms with E-state index in [2.05, 4.69) is 15.3 Å². The van der Waals surface area contributed by atoms with Crippen molar-refractivity contribution in [3.05, 3.63) is 58.4 Å². The van der Waals surface area contributed by atoms with Crippen LogP contribution in [0.1, 0.15) is 31.7 Å². The van der Waals surface area contributed by atoms with E-state index in [1.165, 1.54) is 0 Å². The normalized spacial score (nSPS) is 12.1. The number of nitrogens with one attached hydrogen (secondary N) is 2. The number of hydrogen-bond acceptors (Lipinski definition) is 5. The molecule has 1 heterocycles. The Morgan fingerprint density at radius 1 is 1.26 bits per heavy atom. The van der Waals surface area contributed by atoms with Gasteiger partial charge in [-0.15, -0.1) is 0 Å². The summed E-state index contributed by atoms with van der Waals surface area (Å²) >= 11 is 1.07. The molecule has 27 heavy (non-hydrogen) atoms. The largest absolute Gasteiger partial charge is 0.493 e. The molecule has 0 aliphatic carbocycles. The van der Waals surface area contributed by atoms with Crippen molar-refractivity contribution >= 4 is 34.1 Å². The summed E-state index contributed by atoms with van der Waals surface area (Å²) < 4.78 is 0. The topological polar surface area (TPSA) is 95.1 Å². The average Bonchev–Trinajstić information content (AvgIpc) is 2.66. The van der Waals surface area contributed by atoms with Gasteiger partial charge in [0.25, 0.3) is 5.56 Å². The lowest BCUT2D eigenvalue weighted by Gasteiger charge is -2.11. The van der Waals surface area contributed by atoms with Gasteiger partial charge in [-0.25, -0.2) is 0 Å². The van der Waals surface area contributed by atoms with Gasteiger partial charge in [-0.2, -0.15) is 4.98 Å². The van der Waals surface area contributed by atoms with Crippen LogP contribution < -0.4 is 10.9 Å². The maximum Gasteiger partial charge on any atom is 0.258 e. The molecular formula is C20H21N3O3S. The van der Waals surface area contributed by atoms with E-state index in [1.54, 1.807) is 0 Å². The Morgan fingerprint density at radius 3 is 2.74 bits per heavy atom. The predicted octanol–water partition coefficient (Wildman–Crippen LogP) is 3.87. The van der Waals surface area contributed by atoms with E-state index in [9.17, 15) is 14.7 Å². The number of nitrogens with zero attached hydrogens (tertiary/aromatic N) is 1. The van der Waals surface area contributed by atoms with Gasteiger partial charge in [-0.3, -0.25) is 9.59 Å². The Morgan fingerprint density at radius 2 is 2.00 bits per heavy atom. The molecule has 1 atom stereocenters. The molecule has 140 valence electrons. The Bertz CT molecular complexity index is 1030. The molecule has 6 nitrogen and oxygen atoms in total. The molecule has 0 aliphatic rings. The smallest absolute Gasteiger partial charge is 0.258 e. The first-order valence-corrected chi connectivity index (χ1v) is 9.71. The van der Waals surface area contributed by atoms with E-state index in [-0.39, 0.29) is 39.7 Å². The molecule has 0 bridgehead atoms. The quantitative estimate of drug-likeness (QED) is 0.444. The highest BCUT2D eigenvalue weighted by Crippen LogP contribution is 2.25. The molecule has 3 N–H and O–H groups in total. The number of aromatic nitrogens is 2. The Kier molecular flexibility index (Phi) is 5.81. The monoisotopic (exact) mass is 383 g/mol. The third-order valence-electron chi connectivity index (χ3n) is 4.42. The molecule has 0 saturated carbocycles. The summed E-state index contributed by atoms with van der Waals surface area (Å²) in [6.07, 6.45) is 0.720. The zero-order valence-corrected chi connectivity index (χ0v) is 16.0. The number of fused-ring (bicyclic) bond motifs is 1. The molecule has 0 saturated heterocycles. The van der Waals surface area contributed by atoms with Gasteiger partial charge in [-0.1, -0.05) is 62.0 Å². The Balaban J connectivity index is 1.70. The van der Waals surface area contributed by atoms with E-state index >= 15 is 0 Å². The zero-order chi connectivity index (χ0) is 19.4. The summed E-state index contributed by atoms with van der Waals surface area (Å²) in [5.41, 5.74) is 0.644. The molecule has 1 aromatic heterocycles. The zero-order valence-electron chi connectivity index (χ0n) is 15.2. The fourth-order valence-corrected chi connectivity index (χ4v) is 3.48. The lowest BCUT2D eigenvalue weighted by molar-refractivity contribution is -0.113. The third-order valence-corrected chi connectivity index (χ3v) is 5.30. The second kappa shape index (κ2) is 8.26. The van der Waals surface area contributed by atoms with Crippen molar-refractivity contribution < 1.29 is 9.90 Å². The fraction of sp³-hybridized carbons (Fsp3) is 0.250. The van der Waals surface area contributed by atoms with Crippen LogP contribution in [-0.4, -0.2) is 26.7 Å². The molecule has 1 unspecified atom stereocenters. The van der Waals surface area contributed by atoms with Crippen LogP contribution in [0.15, 0.2) is 52.4 Å². The van der Waals surface area contributed by atoms with E-state index in [0.717, 1.165) is 34.6 Å². The van der Waals surface area contributed by atoms with Gasteiger partial charge in [0.15, 0.2) is 5.16 Å². The fourth-order valence-electron chi connectivity index (χ4n) is 2.82. The summed E-state index contributed by atoms with van der Waals surface area (Å²) in [6.45, 7) is 3.79. The minimum absolute atomic E-state index is 0.0638. The summed E-state index contributed by atoms with van der Waals surface area (Å²) in [4.78, 5) is 31.1. The van der Waals surface area contributed by atoms with Crippen molar-refractivity contribution in [1.29, 1.82) is 0 Å². The van der Waals surface area contributed by atoms with Crippen LogP contribution in [0.25, 0.3) is 10.8 Å². The SMILES string of the molecule is CCC(C)c1c(O)nc(SCC(=O)Nc2cccc3ccccc23)[nH]c1=O. The summed E-state index contributed by atoms with van der Waals surface area (Å²) in [5.74, 6) is -0.515. The van der Waals surface area contributed by atoms with Gasteiger partial charge in [0.05, 0.1) is 11.3 Å². The molecular weight excluding hydrogens is 362 g/mol. The van der Waals surface area contributed by atoms with Crippen LogP contribution in [0, 0.1) is 0 Å². The van der Waals surface area contributed by atoms with Crippen LogP contribution in [0.2, 0.25) is 0 Å². The van der Waals surface area contributed by atoms with E-state index in [4.69, 9.17) is 0 Å². The van der Waals surface area contributed by atoms with Crippen LogP contribution in [0.3, 0.4) is 0 Å². The number of thioether (sulfide) groups is 1. The highest BCUT2D eigenvalue weighted by molar-refractivity contribution is 7.99. The molecule has 2 aromatic carbocycles. The van der Waals surface area contributed by atoms with E-state index < -0.39 is 0 Å². The minimum Gasteiger partial charge on any atom is -0.493 e. The minimum atomic E-state index is -0.367. The Hall–Kier alpha value is -2.80. The van der Waals surface area contributed by atoms with Crippen LogP contribution in [0.4, 0.5) is 5.69 Å². The van der Waals surface area contributed by atoms with Crippen LogP contribution in [-0.2, 0) is 4.79 Å². The van der Waals surface area contributed by atoms with Crippen molar-refractivity contribution in [2.24, 2.45) is 0 Å². The van der Waals surface area contributed by atoms with Crippen molar-refractivity contribution in [3.8, 4) is 5.88 Å². The number of carbonyl (C=O) groups is 1. The number of anilines is 1. The first-order valence-electron chi connectivity index (χ1n) is 8.73. The lowest BCUT2D eigenvalue weighted by Crippen LogP contribution is -2.18. The second-order valence-corrected chi connectivity index (χ2v) is 7.25. The van der Waals surface area contributed by atoms with E-state index in [0.29, 0.717) is 0 Å². The summed E-state index contributed by atoms with van der Waals surface area (Å²) in [7, 11) is 0. The summed E-state index contributed by atoms with van der Waals surface area (Å²) in [6, 6.07) is 13.5. The van der Waals surface area contributed by atoms with Gasteiger partial charge in [0.2, 0.25) is 11.8 Å². The number of aromatic amines is 1. The highest BCUT2D eigenvalue weighted by Gasteiger charge is 2.17. The molecule has 0 fully saturated rings. The number of carbonyl (C=O) groups excluding carboxylic acids is 1. The first kappa shape index (κ1) is 19.0. The molecule has 0 spiro atoms.